The van der Waals surface area contributed by atoms with Gasteiger partial charge in [-0.2, -0.15) is 0 Å². The van der Waals surface area contributed by atoms with Crippen LogP contribution in [0.25, 0.3) is 0 Å². The Morgan fingerprint density at radius 1 is 1.26 bits per heavy atom. The second-order valence-corrected chi connectivity index (χ2v) is 7.92. The van der Waals surface area contributed by atoms with Crippen LogP contribution in [0.2, 0.25) is 0 Å². The minimum absolute atomic E-state index is 0.0435. The fourth-order valence-electron chi connectivity index (χ4n) is 4.41. The maximum atomic E-state index is 12.4. The Kier molecular flexibility index (Phi) is 2.38. The van der Waals surface area contributed by atoms with Crippen LogP contribution in [0.5, 0.6) is 0 Å². The first-order valence-electron chi connectivity index (χ1n) is 7.60. The van der Waals surface area contributed by atoms with E-state index in [2.05, 4.69) is 16.7 Å². The van der Waals surface area contributed by atoms with Gasteiger partial charge in [0.2, 0.25) is 11.0 Å². The smallest absolute Gasteiger partial charge is 0.321 e. The quantitative estimate of drug-likeness (QED) is 0.688. The Balaban J connectivity index is 1.56. The van der Waals surface area contributed by atoms with Crippen LogP contribution in [0, 0.1) is 17.3 Å². The van der Waals surface area contributed by atoms with Gasteiger partial charge in [0.05, 0.1) is 11.5 Å². The van der Waals surface area contributed by atoms with Gasteiger partial charge in [-0.25, -0.2) is 4.79 Å². The first-order chi connectivity index (χ1) is 11.0. The summed E-state index contributed by atoms with van der Waals surface area (Å²) >= 11 is 1.29. The molecule has 7 heteroatoms. The lowest BCUT2D eigenvalue weighted by Crippen LogP contribution is -2.78. The normalized spacial score (nSPS) is 46.0. The topological polar surface area (TPSA) is 84.5 Å². The molecule has 3 heterocycles. The van der Waals surface area contributed by atoms with Gasteiger partial charge in [0.25, 0.3) is 0 Å². The number of ether oxygens (including phenoxy) is 1. The fourth-order valence-corrected chi connectivity index (χ4v) is 5.35. The summed E-state index contributed by atoms with van der Waals surface area (Å²) in [6.07, 6.45) is 7.41. The Morgan fingerprint density at radius 3 is 2.91 bits per heavy atom. The van der Waals surface area contributed by atoms with Crippen LogP contribution in [-0.4, -0.2) is 34.4 Å². The van der Waals surface area contributed by atoms with Crippen LogP contribution >= 0.6 is 11.8 Å². The maximum absolute atomic E-state index is 12.4. The largest absolute Gasteiger partial charge is 0.488 e. The zero-order chi connectivity index (χ0) is 15.9. The number of carbonyl (C=O) groups excluding carboxylic acids is 3. The van der Waals surface area contributed by atoms with Crippen molar-refractivity contribution in [1.82, 2.24) is 10.6 Å². The van der Waals surface area contributed by atoms with Gasteiger partial charge in [-0.1, -0.05) is 23.9 Å². The van der Waals surface area contributed by atoms with Crippen molar-refractivity contribution in [1.29, 1.82) is 0 Å². The summed E-state index contributed by atoms with van der Waals surface area (Å²) in [4.78, 5) is 35.5. The molecule has 2 saturated heterocycles. The van der Waals surface area contributed by atoms with E-state index < -0.39 is 11.4 Å². The molecular formula is C16H14N2O4S. The molecule has 0 bridgehead atoms. The molecule has 0 spiro atoms. The Labute approximate surface area is 136 Å². The third-order valence-electron chi connectivity index (χ3n) is 5.61. The van der Waals surface area contributed by atoms with Crippen LogP contribution in [0.4, 0.5) is 4.79 Å². The second kappa shape index (κ2) is 4.08. The molecule has 0 radical (unpaired) electrons. The average molecular weight is 330 g/mol. The van der Waals surface area contributed by atoms with E-state index in [9.17, 15) is 14.4 Å². The predicted octanol–water partition coefficient (Wildman–Crippen LogP) is 0.868. The first kappa shape index (κ1) is 13.4. The monoisotopic (exact) mass is 330 g/mol. The average Bonchev–Trinajstić information content (AvgIpc) is 2.84. The van der Waals surface area contributed by atoms with Crippen molar-refractivity contribution < 1.29 is 19.1 Å². The Hall–Kier alpha value is -2.02. The zero-order valence-electron chi connectivity index (χ0n) is 12.2. The molecule has 6 nitrogen and oxygen atoms in total. The van der Waals surface area contributed by atoms with Crippen molar-refractivity contribution in [2.24, 2.45) is 17.3 Å². The summed E-state index contributed by atoms with van der Waals surface area (Å²) < 4.78 is 6.03. The van der Waals surface area contributed by atoms with Gasteiger partial charge in [0.1, 0.15) is 11.9 Å². The van der Waals surface area contributed by atoms with E-state index in [-0.39, 0.29) is 40.3 Å². The third kappa shape index (κ3) is 1.53. The lowest BCUT2D eigenvalue weighted by Gasteiger charge is -2.56. The van der Waals surface area contributed by atoms with Crippen molar-refractivity contribution >= 4 is 28.8 Å². The molecule has 5 aliphatic rings. The van der Waals surface area contributed by atoms with Gasteiger partial charge in [0, 0.05) is 17.1 Å². The number of hydrogen-bond donors (Lipinski definition) is 2. The highest BCUT2D eigenvalue weighted by molar-refractivity contribution is 8.14. The summed E-state index contributed by atoms with van der Waals surface area (Å²) in [6.45, 7) is 1.88. The molecular weight excluding hydrogens is 316 g/mol. The summed E-state index contributed by atoms with van der Waals surface area (Å²) in [5.74, 6) is 0.595. The molecule has 0 aromatic heterocycles. The number of urea groups is 1. The van der Waals surface area contributed by atoms with Crippen LogP contribution in [0.1, 0.15) is 6.92 Å². The van der Waals surface area contributed by atoms with Gasteiger partial charge in [0.15, 0.2) is 0 Å². The van der Waals surface area contributed by atoms with E-state index in [0.29, 0.717) is 0 Å². The molecule has 3 fully saturated rings. The molecule has 5 rings (SSSR count). The molecule has 118 valence electrons. The molecule has 0 aromatic rings. The summed E-state index contributed by atoms with van der Waals surface area (Å²) in [6, 6.07) is -0.775. The highest BCUT2D eigenvalue weighted by Crippen LogP contribution is 2.60. The lowest BCUT2D eigenvalue weighted by atomic mass is 9.52. The molecule has 6 atom stereocenters. The van der Waals surface area contributed by atoms with Gasteiger partial charge in [-0.05, 0) is 24.6 Å². The van der Waals surface area contributed by atoms with Gasteiger partial charge in [-0.15, -0.1) is 0 Å². The molecule has 3 amide bonds. The molecule has 0 aromatic carbocycles. The minimum Gasteiger partial charge on any atom is -0.488 e. The third-order valence-corrected chi connectivity index (χ3v) is 6.70. The van der Waals surface area contributed by atoms with Crippen molar-refractivity contribution in [2.75, 3.05) is 0 Å². The standard InChI is InChI=1S/C16H14N2O4S/c1-16-11-7-4-6-2-3-10(19)23-9(6)5-8(7)22-12(11)13(16)17-15(21)18-14(16)20/h2-6,9,11-13H,1H3,(H2,17,18,20,21)/t6?,9?,11-,12+,13+,16-/m1/s1. The summed E-state index contributed by atoms with van der Waals surface area (Å²) in [5, 5.41) is 5.27. The van der Waals surface area contributed by atoms with Crippen LogP contribution in [0.15, 0.2) is 35.6 Å². The van der Waals surface area contributed by atoms with E-state index in [4.69, 9.17) is 4.74 Å². The second-order valence-electron chi connectivity index (χ2n) is 6.74. The Morgan fingerprint density at radius 2 is 2.09 bits per heavy atom. The minimum atomic E-state index is -0.686. The highest BCUT2D eigenvalue weighted by Gasteiger charge is 2.71. The van der Waals surface area contributed by atoms with E-state index in [1.807, 2.05) is 19.1 Å². The SMILES string of the molecule is C[C@]12C(=O)NC(=O)N[C@H]1[C@H]1OC3=CC4SC(=O)C=CC4C=C3[C@H]12. The van der Waals surface area contributed by atoms with Crippen molar-refractivity contribution in [2.45, 2.75) is 24.3 Å². The molecule has 2 N–H and O–H groups in total. The molecule has 3 aliphatic heterocycles. The Bertz CT molecular complexity index is 770. The van der Waals surface area contributed by atoms with E-state index in [1.54, 1.807) is 6.08 Å². The number of nitrogens with one attached hydrogen (secondary N) is 2. The van der Waals surface area contributed by atoms with Crippen molar-refractivity contribution in [3.05, 3.63) is 35.6 Å². The van der Waals surface area contributed by atoms with Crippen LogP contribution in [0.3, 0.4) is 0 Å². The number of fused-ring (bicyclic) bond motifs is 7. The van der Waals surface area contributed by atoms with Gasteiger partial charge >= 0.3 is 6.03 Å². The first-order valence-corrected chi connectivity index (χ1v) is 8.48. The number of rotatable bonds is 0. The molecule has 1 saturated carbocycles. The predicted molar refractivity (Wildman–Crippen MR) is 82.1 cm³/mol. The van der Waals surface area contributed by atoms with E-state index in [1.165, 1.54) is 11.8 Å². The van der Waals surface area contributed by atoms with Gasteiger partial charge < -0.3 is 10.1 Å². The van der Waals surface area contributed by atoms with E-state index >= 15 is 0 Å². The van der Waals surface area contributed by atoms with Crippen molar-refractivity contribution in [3.8, 4) is 0 Å². The number of hydrogen-bond acceptors (Lipinski definition) is 5. The fraction of sp³-hybridized carbons (Fsp3) is 0.438. The summed E-state index contributed by atoms with van der Waals surface area (Å²) in [5.41, 5.74) is 0.342. The number of amides is 3. The number of imide groups is 1. The van der Waals surface area contributed by atoms with Crippen molar-refractivity contribution in [3.63, 3.8) is 0 Å². The summed E-state index contributed by atoms with van der Waals surface area (Å²) in [7, 11) is 0. The highest BCUT2D eigenvalue weighted by atomic mass is 32.2. The number of carbonyl (C=O) groups is 3. The molecule has 2 unspecified atom stereocenters. The molecule has 2 aliphatic carbocycles. The number of allylic oxidation sites excluding steroid dienone is 3. The van der Waals surface area contributed by atoms with E-state index in [0.717, 1.165) is 11.3 Å². The van der Waals surface area contributed by atoms with Crippen LogP contribution in [-0.2, 0) is 14.3 Å². The zero-order valence-corrected chi connectivity index (χ0v) is 13.1. The van der Waals surface area contributed by atoms with Gasteiger partial charge in [-0.3, -0.25) is 14.9 Å². The lowest BCUT2D eigenvalue weighted by molar-refractivity contribution is -0.157. The maximum Gasteiger partial charge on any atom is 0.321 e. The number of thioether (sulfide) groups is 1. The molecule has 23 heavy (non-hydrogen) atoms. The van der Waals surface area contributed by atoms with Crippen LogP contribution < -0.4 is 10.6 Å².